The van der Waals surface area contributed by atoms with Crippen molar-refractivity contribution < 1.29 is 20.1 Å². The molecule has 20 heavy (non-hydrogen) atoms. The van der Waals surface area contributed by atoms with Crippen molar-refractivity contribution in [3.05, 3.63) is 29.3 Å². The minimum absolute atomic E-state index is 0.0503. The molecule has 1 atom stereocenters. The Labute approximate surface area is 118 Å². The lowest BCUT2D eigenvalue weighted by atomic mass is 9.91. The zero-order valence-corrected chi connectivity index (χ0v) is 11.6. The first-order valence-corrected chi connectivity index (χ1v) is 6.91. The number of aliphatic hydroxyl groups is 2. The number of phenols is 1. The average Bonchev–Trinajstić information content (AvgIpc) is 2.48. The molecule has 3 N–H and O–H groups in total. The highest BCUT2D eigenvalue weighted by Crippen LogP contribution is 2.25. The summed E-state index contributed by atoms with van der Waals surface area (Å²) < 4.78 is 0. The number of hydrogen-bond acceptors (Lipinski definition) is 4. The maximum Gasteiger partial charge on any atom is 0.254 e. The molecule has 5 nitrogen and oxygen atoms in total. The van der Waals surface area contributed by atoms with Gasteiger partial charge in [0, 0.05) is 24.2 Å². The summed E-state index contributed by atoms with van der Waals surface area (Å²) in [5, 5.41) is 28.2. The molecule has 0 aromatic heterocycles. The van der Waals surface area contributed by atoms with Crippen LogP contribution in [0.2, 0.25) is 0 Å². The van der Waals surface area contributed by atoms with Gasteiger partial charge in [0.15, 0.2) is 0 Å². The molecule has 0 spiro atoms. The Kier molecular flexibility index (Phi) is 4.62. The Hall–Kier alpha value is -1.59. The van der Waals surface area contributed by atoms with Crippen LogP contribution in [-0.4, -0.2) is 51.9 Å². The van der Waals surface area contributed by atoms with Gasteiger partial charge in [0.1, 0.15) is 5.75 Å². The summed E-state index contributed by atoms with van der Waals surface area (Å²) >= 11 is 0. The first-order valence-electron chi connectivity index (χ1n) is 6.91. The van der Waals surface area contributed by atoms with Crippen LogP contribution in [0.5, 0.6) is 5.75 Å². The summed E-state index contributed by atoms with van der Waals surface area (Å²) in [4.78, 5) is 14.2. The van der Waals surface area contributed by atoms with Crippen LogP contribution >= 0.6 is 0 Å². The number of amides is 1. The largest absolute Gasteiger partial charge is 0.508 e. The lowest BCUT2D eigenvalue weighted by molar-refractivity contribution is 0.0179. The highest BCUT2D eigenvalue weighted by atomic mass is 16.3. The molecule has 0 saturated carbocycles. The van der Waals surface area contributed by atoms with Gasteiger partial charge >= 0.3 is 0 Å². The van der Waals surface area contributed by atoms with E-state index in [1.807, 2.05) is 0 Å². The van der Waals surface area contributed by atoms with Crippen LogP contribution in [0.3, 0.4) is 0 Å². The molecule has 5 heteroatoms. The van der Waals surface area contributed by atoms with Gasteiger partial charge in [-0.3, -0.25) is 4.79 Å². The van der Waals surface area contributed by atoms with Gasteiger partial charge in [-0.15, -0.1) is 0 Å². The van der Waals surface area contributed by atoms with E-state index in [9.17, 15) is 15.0 Å². The van der Waals surface area contributed by atoms with Crippen LogP contribution < -0.4 is 0 Å². The van der Waals surface area contributed by atoms with Crippen molar-refractivity contribution in [2.75, 3.05) is 19.7 Å². The van der Waals surface area contributed by atoms with Crippen LogP contribution in [0.25, 0.3) is 0 Å². The van der Waals surface area contributed by atoms with E-state index in [0.717, 1.165) is 0 Å². The second kappa shape index (κ2) is 6.24. The normalized spacial score (nSPS) is 18.1. The van der Waals surface area contributed by atoms with Gasteiger partial charge in [-0.1, -0.05) is 6.07 Å². The second-order valence-electron chi connectivity index (χ2n) is 5.33. The number of aromatic hydroxyl groups is 1. The molecule has 1 heterocycles. The van der Waals surface area contributed by atoms with Crippen LogP contribution in [-0.2, 0) is 0 Å². The van der Waals surface area contributed by atoms with Crippen LogP contribution in [0.1, 0.15) is 28.8 Å². The van der Waals surface area contributed by atoms with E-state index in [0.29, 0.717) is 37.1 Å². The molecule has 0 bridgehead atoms. The Morgan fingerprint density at radius 2 is 2.05 bits per heavy atom. The summed E-state index contributed by atoms with van der Waals surface area (Å²) in [6, 6.07) is 4.94. The molecule has 1 amide bonds. The van der Waals surface area contributed by atoms with E-state index in [1.54, 1.807) is 30.0 Å². The van der Waals surface area contributed by atoms with E-state index in [1.165, 1.54) is 0 Å². The van der Waals surface area contributed by atoms with Gasteiger partial charge in [-0.25, -0.2) is 0 Å². The number of aliphatic hydroxyl groups excluding tert-OH is 2. The van der Waals surface area contributed by atoms with Crippen LogP contribution in [0, 0.1) is 12.8 Å². The van der Waals surface area contributed by atoms with Gasteiger partial charge in [-0.05, 0) is 37.8 Å². The fourth-order valence-electron chi connectivity index (χ4n) is 2.66. The first-order chi connectivity index (χ1) is 9.54. The molecule has 1 aromatic carbocycles. The van der Waals surface area contributed by atoms with Gasteiger partial charge in [0.2, 0.25) is 0 Å². The molecule has 0 aliphatic carbocycles. The first kappa shape index (κ1) is 14.8. The van der Waals surface area contributed by atoms with Crippen molar-refractivity contribution in [2.45, 2.75) is 25.9 Å². The number of rotatable bonds is 3. The Morgan fingerprint density at radius 3 is 2.65 bits per heavy atom. The third-order valence-corrected chi connectivity index (χ3v) is 4.09. The van der Waals surface area contributed by atoms with Crippen LogP contribution in [0.15, 0.2) is 18.2 Å². The quantitative estimate of drug-likeness (QED) is 0.768. The zero-order chi connectivity index (χ0) is 14.7. The third-order valence-electron chi connectivity index (χ3n) is 4.09. The third kappa shape index (κ3) is 2.94. The van der Waals surface area contributed by atoms with Crippen molar-refractivity contribution in [3.8, 4) is 5.75 Å². The SMILES string of the molecule is Cc1c(O)cccc1C(=O)N1CCC(C(O)CO)CC1. The fourth-order valence-corrected chi connectivity index (χ4v) is 2.66. The standard InChI is InChI=1S/C15H21NO4/c1-10-12(3-2-4-13(10)18)15(20)16-7-5-11(6-8-16)14(19)9-17/h2-4,11,14,17-19H,5-9H2,1H3. The summed E-state index contributed by atoms with van der Waals surface area (Å²) in [5.74, 6) is 0.0890. The van der Waals surface area contributed by atoms with Crippen molar-refractivity contribution in [3.63, 3.8) is 0 Å². The molecule has 1 aliphatic rings. The summed E-state index contributed by atoms with van der Waals surface area (Å²) in [6.45, 7) is 2.63. The number of hydrogen-bond donors (Lipinski definition) is 3. The monoisotopic (exact) mass is 279 g/mol. The number of benzene rings is 1. The van der Waals surface area contributed by atoms with Crippen LogP contribution in [0.4, 0.5) is 0 Å². The number of piperidine rings is 1. The molecule has 1 aromatic rings. The molecule has 1 saturated heterocycles. The van der Waals surface area contributed by atoms with Crippen molar-refractivity contribution in [2.24, 2.45) is 5.92 Å². The number of carbonyl (C=O) groups is 1. The van der Waals surface area contributed by atoms with Gasteiger partial charge in [0.05, 0.1) is 12.7 Å². The molecule has 2 rings (SSSR count). The number of nitrogens with zero attached hydrogens (tertiary/aromatic N) is 1. The Balaban J connectivity index is 2.03. The van der Waals surface area contributed by atoms with E-state index < -0.39 is 6.10 Å². The topological polar surface area (TPSA) is 81.0 Å². The zero-order valence-electron chi connectivity index (χ0n) is 11.6. The maximum absolute atomic E-state index is 12.4. The average molecular weight is 279 g/mol. The number of carbonyl (C=O) groups excluding carboxylic acids is 1. The van der Waals surface area contributed by atoms with Crippen molar-refractivity contribution >= 4 is 5.91 Å². The Bertz CT molecular complexity index is 481. The second-order valence-corrected chi connectivity index (χ2v) is 5.33. The summed E-state index contributed by atoms with van der Waals surface area (Å²) in [5.41, 5.74) is 1.11. The maximum atomic E-state index is 12.4. The lowest BCUT2D eigenvalue weighted by Gasteiger charge is -2.34. The lowest BCUT2D eigenvalue weighted by Crippen LogP contribution is -2.42. The molecule has 1 fully saturated rings. The minimum Gasteiger partial charge on any atom is -0.508 e. The predicted molar refractivity (Wildman–Crippen MR) is 74.6 cm³/mol. The predicted octanol–water partition coefficient (Wildman–Crippen LogP) is 0.906. The van der Waals surface area contributed by atoms with Gasteiger partial charge < -0.3 is 20.2 Å². The number of likely N-dealkylation sites (tertiary alicyclic amines) is 1. The van der Waals surface area contributed by atoms with Crippen molar-refractivity contribution in [1.29, 1.82) is 0 Å². The number of phenolic OH excluding ortho intramolecular Hbond substituents is 1. The fraction of sp³-hybridized carbons (Fsp3) is 0.533. The van der Waals surface area contributed by atoms with E-state index >= 15 is 0 Å². The molecule has 1 unspecified atom stereocenters. The highest BCUT2D eigenvalue weighted by Gasteiger charge is 2.28. The molecule has 110 valence electrons. The molecular formula is C15H21NO4. The van der Waals surface area contributed by atoms with Crippen molar-refractivity contribution in [1.82, 2.24) is 4.90 Å². The minimum atomic E-state index is -0.699. The highest BCUT2D eigenvalue weighted by molar-refractivity contribution is 5.96. The molecule has 0 radical (unpaired) electrons. The Morgan fingerprint density at radius 1 is 1.40 bits per heavy atom. The molecule has 1 aliphatic heterocycles. The smallest absolute Gasteiger partial charge is 0.254 e. The summed E-state index contributed by atoms with van der Waals surface area (Å²) in [7, 11) is 0. The summed E-state index contributed by atoms with van der Waals surface area (Å²) in [6.07, 6.45) is 0.672. The molecular weight excluding hydrogens is 258 g/mol. The van der Waals surface area contributed by atoms with Gasteiger partial charge in [0.25, 0.3) is 5.91 Å². The van der Waals surface area contributed by atoms with E-state index in [4.69, 9.17) is 5.11 Å². The van der Waals surface area contributed by atoms with E-state index in [2.05, 4.69) is 0 Å². The van der Waals surface area contributed by atoms with Gasteiger partial charge in [-0.2, -0.15) is 0 Å². The van der Waals surface area contributed by atoms with E-state index in [-0.39, 0.29) is 24.2 Å².